The Morgan fingerprint density at radius 2 is 1.86 bits per heavy atom. The van der Waals surface area contributed by atoms with Crippen LogP contribution >= 0.6 is 27.5 Å². The average molecular weight is 488 g/mol. The highest BCUT2D eigenvalue weighted by molar-refractivity contribution is 9.10. The summed E-state index contributed by atoms with van der Waals surface area (Å²) in [4.78, 5) is 2.38. The minimum atomic E-state index is -0.368. The lowest BCUT2D eigenvalue weighted by Crippen LogP contribution is -2.31. The molecule has 29 heavy (non-hydrogen) atoms. The van der Waals surface area contributed by atoms with Crippen LogP contribution in [0.1, 0.15) is 31.9 Å². The Kier molecular flexibility index (Phi) is 10.2. The van der Waals surface area contributed by atoms with Gasteiger partial charge in [-0.1, -0.05) is 31.5 Å². The molecule has 0 aromatic heterocycles. The molecule has 0 spiro atoms. The Balaban J connectivity index is 2.04. The number of halogens is 3. The third kappa shape index (κ3) is 7.45. The molecule has 0 radical (unpaired) electrons. The maximum Gasteiger partial charge on any atom is 0.175 e. The monoisotopic (exact) mass is 486 g/mol. The number of hydrogen-bond acceptors (Lipinski definition) is 4. The summed E-state index contributed by atoms with van der Waals surface area (Å²) >= 11 is 9.69. The van der Waals surface area contributed by atoms with E-state index in [1.807, 2.05) is 19.1 Å². The molecule has 0 heterocycles. The van der Waals surface area contributed by atoms with Crippen molar-refractivity contribution in [2.24, 2.45) is 0 Å². The summed E-state index contributed by atoms with van der Waals surface area (Å²) < 4.78 is 25.8. The van der Waals surface area contributed by atoms with Crippen LogP contribution < -0.4 is 14.8 Å². The van der Waals surface area contributed by atoms with E-state index in [2.05, 4.69) is 40.0 Å². The van der Waals surface area contributed by atoms with Crippen LogP contribution in [0.4, 0.5) is 4.39 Å². The lowest BCUT2D eigenvalue weighted by Gasteiger charge is -2.19. The smallest absolute Gasteiger partial charge is 0.175 e. The van der Waals surface area contributed by atoms with Crippen molar-refractivity contribution in [3.63, 3.8) is 0 Å². The summed E-state index contributed by atoms with van der Waals surface area (Å²) in [6, 6.07) is 8.29. The van der Waals surface area contributed by atoms with E-state index < -0.39 is 0 Å². The van der Waals surface area contributed by atoms with Crippen molar-refractivity contribution in [3.05, 3.63) is 56.8 Å². The molecule has 0 bridgehead atoms. The highest BCUT2D eigenvalue weighted by Crippen LogP contribution is 2.37. The molecule has 0 aliphatic heterocycles. The van der Waals surface area contributed by atoms with Crippen molar-refractivity contribution in [2.45, 2.75) is 33.9 Å². The van der Waals surface area contributed by atoms with Gasteiger partial charge in [0.05, 0.1) is 16.1 Å². The van der Waals surface area contributed by atoms with E-state index >= 15 is 0 Å². The van der Waals surface area contributed by atoms with Crippen LogP contribution in [0.2, 0.25) is 5.02 Å². The number of nitrogens with one attached hydrogen (secondary N) is 1. The average Bonchev–Trinajstić information content (AvgIpc) is 2.69. The predicted octanol–water partition coefficient (Wildman–Crippen LogP) is 5.65. The van der Waals surface area contributed by atoms with Crippen LogP contribution in [0.3, 0.4) is 0 Å². The van der Waals surface area contributed by atoms with Gasteiger partial charge in [0.25, 0.3) is 0 Å². The van der Waals surface area contributed by atoms with E-state index in [0.29, 0.717) is 28.7 Å². The Hall–Kier alpha value is -1.34. The van der Waals surface area contributed by atoms with Gasteiger partial charge in [0.1, 0.15) is 12.4 Å². The molecule has 2 aromatic carbocycles. The van der Waals surface area contributed by atoms with Crippen LogP contribution in [-0.2, 0) is 13.2 Å². The number of ether oxygens (including phenoxy) is 2. The molecule has 1 N–H and O–H groups in total. The Bertz CT molecular complexity index is 788. The van der Waals surface area contributed by atoms with Crippen LogP contribution in [0, 0.1) is 5.82 Å². The van der Waals surface area contributed by atoms with Crippen molar-refractivity contribution in [1.29, 1.82) is 0 Å². The highest BCUT2D eigenvalue weighted by Gasteiger charge is 2.14. The van der Waals surface area contributed by atoms with Crippen molar-refractivity contribution in [2.75, 3.05) is 32.8 Å². The third-order valence-corrected chi connectivity index (χ3v) is 5.53. The van der Waals surface area contributed by atoms with E-state index in [1.165, 1.54) is 12.1 Å². The number of rotatable bonds is 12. The fourth-order valence-electron chi connectivity index (χ4n) is 2.92. The van der Waals surface area contributed by atoms with E-state index in [0.717, 1.165) is 42.8 Å². The Morgan fingerprint density at radius 1 is 1.10 bits per heavy atom. The maximum absolute atomic E-state index is 13.2. The van der Waals surface area contributed by atoms with Gasteiger partial charge in [-0.2, -0.15) is 0 Å². The first-order chi connectivity index (χ1) is 14.0. The van der Waals surface area contributed by atoms with Gasteiger partial charge in [-0.05, 0) is 65.8 Å². The molecule has 0 fully saturated rings. The third-order valence-electron chi connectivity index (χ3n) is 4.58. The molecule has 0 aliphatic rings. The molecule has 2 aromatic rings. The molecule has 0 amide bonds. The molecular weight excluding hydrogens is 459 g/mol. The van der Waals surface area contributed by atoms with E-state index in [-0.39, 0.29) is 12.4 Å². The Morgan fingerprint density at radius 3 is 2.52 bits per heavy atom. The summed E-state index contributed by atoms with van der Waals surface area (Å²) in [7, 11) is 0. The van der Waals surface area contributed by atoms with Crippen molar-refractivity contribution < 1.29 is 13.9 Å². The van der Waals surface area contributed by atoms with Crippen molar-refractivity contribution in [3.8, 4) is 11.5 Å². The summed E-state index contributed by atoms with van der Waals surface area (Å²) in [6.07, 6.45) is 0. The van der Waals surface area contributed by atoms with E-state index in [1.54, 1.807) is 6.07 Å². The quantitative estimate of drug-likeness (QED) is 0.392. The molecule has 0 saturated heterocycles. The van der Waals surface area contributed by atoms with Crippen LogP contribution in [-0.4, -0.2) is 37.7 Å². The molecule has 0 atom stereocenters. The zero-order valence-corrected chi connectivity index (χ0v) is 19.6. The molecule has 160 valence electrons. The second kappa shape index (κ2) is 12.4. The molecule has 7 heteroatoms. The standard InChI is InChI=1S/C22H29BrClFN2O2/c1-4-27(5-2)10-9-26-14-16-11-19(23)22(21(12-16)28-6-3)29-15-17-7-8-18(25)13-20(17)24/h7-8,11-13,26H,4-6,9-10,14-15H2,1-3H3. The van der Waals surface area contributed by atoms with Crippen molar-refractivity contribution >= 4 is 27.5 Å². The first-order valence-electron chi connectivity index (χ1n) is 9.93. The number of hydrogen-bond donors (Lipinski definition) is 1. The summed E-state index contributed by atoms with van der Waals surface area (Å²) in [5, 5.41) is 3.82. The van der Waals surface area contributed by atoms with Gasteiger partial charge >= 0.3 is 0 Å². The lowest BCUT2D eigenvalue weighted by molar-refractivity contribution is 0.267. The van der Waals surface area contributed by atoms with Gasteiger partial charge in [0, 0.05) is 25.2 Å². The molecule has 0 saturated carbocycles. The number of benzene rings is 2. The van der Waals surface area contributed by atoms with E-state index in [9.17, 15) is 4.39 Å². The zero-order chi connectivity index (χ0) is 21.2. The minimum absolute atomic E-state index is 0.221. The number of nitrogens with zero attached hydrogens (tertiary/aromatic N) is 1. The topological polar surface area (TPSA) is 33.7 Å². The van der Waals surface area contributed by atoms with Crippen LogP contribution in [0.15, 0.2) is 34.8 Å². The second-order valence-electron chi connectivity index (χ2n) is 6.57. The van der Waals surface area contributed by atoms with Gasteiger partial charge in [-0.3, -0.25) is 0 Å². The van der Waals surface area contributed by atoms with Crippen molar-refractivity contribution in [1.82, 2.24) is 10.2 Å². The number of likely N-dealkylation sites (N-methyl/N-ethyl adjacent to an activating group) is 1. The first-order valence-corrected chi connectivity index (χ1v) is 11.1. The Labute approximate surface area is 186 Å². The van der Waals surface area contributed by atoms with Gasteiger partial charge in [-0.25, -0.2) is 4.39 Å². The fourth-order valence-corrected chi connectivity index (χ4v) is 3.75. The van der Waals surface area contributed by atoms with Gasteiger partial charge in [-0.15, -0.1) is 0 Å². The van der Waals surface area contributed by atoms with E-state index in [4.69, 9.17) is 21.1 Å². The molecule has 0 unspecified atom stereocenters. The van der Waals surface area contributed by atoms with Gasteiger partial charge in [0.15, 0.2) is 11.5 Å². The largest absolute Gasteiger partial charge is 0.490 e. The summed E-state index contributed by atoms with van der Waals surface area (Å²) in [6.45, 7) is 11.8. The van der Waals surface area contributed by atoms with Gasteiger partial charge < -0.3 is 19.7 Å². The molecule has 0 aliphatic carbocycles. The SMILES string of the molecule is CCOc1cc(CNCCN(CC)CC)cc(Br)c1OCc1ccc(F)cc1Cl. The lowest BCUT2D eigenvalue weighted by atomic mass is 10.2. The van der Waals surface area contributed by atoms with Gasteiger partial charge in [0.2, 0.25) is 0 Å². The normalized spacial score (nSPS) is 11.1. The highest BCUT2D eigenvalue weighted by atomic mass is 79.9. The van der Waals surface area contributed by atoms with Crippen LogP contribution in [0.25, 0.3) is 0 Å². The molecule has 4 nitrogen and oxygen atoms in total. The molecular formula is C22H29BrClFN2O2. The summed E-state index contributed by atoms with van der Waals surface area (Å²) in [5.74, 6) is 0.910. The second-order valence-corrected chi connectivity index (χ2v) is 7.83. The zero-order valence-electron chi connectivity index (χ0n) is 17.2. The maximum atomic E-state index is 13.2. The minimum Gasteiger partial charge on any atom is -0.490 e. The predicted molar refractivity (Wildman–Crippen MR) is 121 cm³/mol. The fraction of sp³-hybridized carbons (Fsp3) is 0.455. The van der Waals surface area contributed by atoms with Crippen LogP contribution in [0.5, 0.6) is 11.5 Å². The first kappa shape index (κ1) is 23.9. The summed E-state index contributed by atoms with van der Waals surface area (Å²) in [5.41, 5.74) is 1.82. The molecule has 2 rings (SSSR count).